The monoisotopic (exact) mass is 334 g/mol. The predicted molar refractivity (Wildman–Crippen MR) is 88.2 cm³/mol. The molecule has 8 nitrogen and oxygen atoms in total. The quantitative estimate of drug-likeness (QED) is 0.479. The summed E-state index contributed by atoms with van der Waals surface area (Å²) in [4.78, 5) is 34.1. The highest BCUT2D eigenvalue weighted by atomic mass is 16.4. The lowest BCUT2D eigenvalue weighted by Gasteiger charge is -2.11. The van der Waals surface area contributed by atoms with Crippen molar-refractivity contribution in [2.24, 2.45) is 0 Å². The van der Waals surface area contributed by atoms with Crippen LogP contribution < -0.4 is 21.5 Å². The van der Waals surface area contributed by atoms with Crippen LogP contribution >= 0.6 is 0 Å². The highest BCUT2D eigenvalue weighted by Crippen LogP contribution is 2.13. The fourth-order valence-corrected chi connectivity index (χ4v) is 2.42. The molecule has 0 aliphatic carbocycles. The smallest absolute Gasteiger partial charge is 0.322 e. The van der Waals surface area contributed by atoms with E-state index in [2.05, 4.69) is 28.4 Å². The zero-order valence-electron chi connectivity index (χ0n) is 13.5. The Hall–Kier alpha value is -2.45. The van der Waals surface area contributed by atoms with Gasteiger partial charge in [-0.2, -0.15) is 0 Å². The number of hydrogen-bond acceptors (Lipinski definition) is 5. The fraction of sp³-hybridized carbons (Fsp3) is 0.438. The maximum atomic E-state index is 12.2. The molecule has 0 spiro atoms. The minimum absolute atomic E-state index is 0.0911. The van der Waals surface area contributed by atoms with Crippen LogP contribution in [0.1, 0.15) is 25.3 Å². The number of anilines is 1. The Morgan fingerprint density at radius 1 is 1.21 bits per heavy atom. The van der Waals surface area contributed by atoms with E-state index in [1.165, 1.54) is 0 Å². The van der Waals surface area contributed by atoms with E-state index in [-0.39, 0.29) is 24.3 Å². The Balaban J connectivity index is 1.82. The molecular weight excluding hydrogens is 312 g/mol. The van der Waals surface area contributed by atoms with Crippen molar-refractivity contribution in [3.8, 4) is 0 Å². The van der Waals surface area contributed by atoms with E-state index in [1.807, 2.05) is 0 Å². The summed E-state index contributed by atoms with van der Waals surface area (Å²) in [5.74, 6) is -1.55. The van der Waals surface area contributed by atoms with E-state index < -0.39 is 12.5 Å². The third kappa shape index (κ3) is 5.32. The lowest BCUT2D eigenvalue weighted by molar-refractivity contribution is -0.137. The van der Waals surface area contributed by atoms with E-state index in [4.69, 9.17) is 5.11 Å². The van der Waals surface area contributed by atoms with Crippen LogP contribution in [0.5, 0.6) is 0 Å². The SMILES string of the molecule is CCC1CC(C(=O)Nc2ccc(CC(=O)NCC(=O)O)cc2)NN1. The molecule has 1 aliphatic rings. The molecule has 2 atom stereocenters. The first-order valence-corrected chi connectivity index (χ1v) is 7.87. The van der Waals surface area contributed by atoms with Crippen molar-refractivity contribution >= 4 is 23.5 Å². The van der Waals surface area contributed by atoms with Crippen LogP contribution in [0, 0.1) is 0 Å². The van der Waals surface area contributed by atoms with E-state index in [0.717, 1.165) is 18.4 Å². The van der Waals surface area contributed by atoms with Crippen molar-refractivity contribution in [3.05, 3.63) is 29.8 Å². The number of benzene rings is 1. The first-order chi connectivity index (χ1) is 11.5. The molecule has 0 aromatic heterocycles. The molecule has 130 valence electrons. The first-order valence-electron chi connectivity index (χ1n) is 7.87. The van der Waals surface area contributed by atoms with Gasteiger partial charge in [0.1, 0.15) is 12.6 Å². The second-order valence-corrected chi connectivity index (χ2v) is 5.72. The van der Waals surface area contributed by atoms with Crippen molar-refractivity contribution in [2.45, 2.75) is 38.3 Å². The minimum atomic E-state index is -1.08. The molecule has 1 aromatic rings. The largest absolute Gasteiger partial charge is 0.480 e. The molecule has 1 aliphatic heterocycles. The number of carbonyl (C=O) groups is 3. The molecule has 1 fully saturated rings. The number of rotatable bonds is 7. The van der Waals surface area contributed by atoms with Gasteiger partial charge in [0.2, 0.25) is 11.8 Å². The van der Waals surface area contributed by atoms with E-state index in [1.54, 1.807) is 24.3 Å². The molecule has 1 heterocycles. The molecule has 5 N–H and O–H groups in total. The second-order valence-electron chi connectivity index (χ2n) is 5.72. The molecule has 2 rings (SSSR count). The third-order valence-electron chi connectivity index (χ3n) is 3.81. The highest BCUT2D eigenvalue weighted by molar-refractivity contribution is 5.95. The topological polar surface area (TPSA) is 120 Å². The van der Waals surface area contributed by atoms with Crippen molar-refractivity contribution in [1.29, 1.82) is 0 Å². The number of hydrogen-bond donors (Lipinski definition) is 5. The van der Waals surface area contributed by atoms with Crippen LogP contribution in [-0.4, -0.2) is 41.5 Å². The standard InChI is InChI=1S/C16H22N4O4/c1-2-11-8-13(20-19-11)16(24)18-12-5-3-10(4-6-12)7-14(21)17-9-15(22)23/h3-6,11,13,19-20H,2,7-9H2,1H3,(H,17,21)(H,18,24)(H,22,23). The summed E-state index contributed by atoms with van der Waals surface area (Å²) < 4.78 is 0. The van der Waals surface area contributed by atoms with Crippen LogP contribution in [0.3, 0.4) is 0 Å². The van der Waals surface area contributed by atoms with Gasteiger partial charge in [0.15, 0.2) is 0 Å². The van der Waals surface area contributed by atoms with Crippen molar-refractivity contribution in [3.63, 3.8) is 0 Å². The molecule has 8 heteroatoms. The third-order valence-corrected chi connectivity index (χ3v) is 3.81. The Morgan fingerprint density at radius 2 is 1.92 bits per heavy atom. The molecular formula is C16H22N4O4. The summed E-state index contributed by atoms with van der Waals surface area (Å²) in [7, 11) is 0. The molecule has 1 aromatic carbocycles. The lowest BCUT2D eigenvalue weighted by atomic mass is 10.1. The van der Waals surface area contributed by atoms with Gasteiger partial charge < -0.3 is 15.7 Å². The van der Waals surface area contributed by atoms with Crippen molar-refractivity contribution < 1.29 is 19.5 Å². The number of aliphatic carboxylic acids is 1. The summed E-state index contributed by atoms with van der Waals surface area (Å²) >= 11 is 0. The number of amides is 2. The van der Waals surface area contributed by atoms with Crippen LogP contribution in [0.25, 0.3) is 0 Å². The van der Waals surface area contributed by atoms with Crippen LogP contribution in [0.15, 0.2) is 24.3 Å². The summed E-state index contributed by atoms with van der Waals surface area (Å²) in [6.45, 7) is 1.67. The average molecular weight is 334 g/mol. The van der Waals surface area contributed by atoms with Gasteiger partial charge in [0, 0.05) is 11.7 Å². The van der Waals surface area contributed by atoms with Gasteiger partial charge in [-0.3, -0.25) is 19.8 Å². The van der Waals surface area contributed by atoms with Gasteiger partial charge in [-0.15, -0.1) is 0 Å². The molecule has 2 unspecified atom stereocenters. The fourth-order valence-electron chi connectivity index (χ4n) is 2.42. The number of carbonyl (C=O) groups excluding carboxylic acids is 2. The first kappa shape index (κ1) is 17.9. The molecule has 2 amide bonds. The lowest BCUT2D eigenvalue weighted by Crippen LogP contribution is -2.40. The number of carboxylic acid groups (broad SMARTS) is 1. The predicted octanol–water partition coefficient (Wildman–Crippen LogP) is 0.0135. The van der Waals surface area contributed by atoms with Gasteiger partial charge in [0.05, 0.1) is 6.42 Å². The second kappa shape index (κ2) is 8.42. The van der Waals surface area contributed by atoms with Gasteiger partial charge in [0.25, 0.3) is 0 Å². The maximum absolute atomic E-state index is 12.2. The molecule has 0 saturated carbocycles. The number of nitrogens with one attached hydrogen (secondary N) is 4. The van der Waals surface area contributed by atoms with Gasteiger partial charge in [-0.25, -0.2) is 5.43 Å². The molecule has 24 heavy (non-hydrogen) atoms. The summed E-state index contributed by atoms with van der Waals surface area (Å²) in [5.41, 5.74) is 7.44. The summed E-state index contributed by atoms with van der Waals surface area (Å²) in [6, 6.07) is 6.93. The van der Waals surface area contributed by atoms with E-state index >= 15 is 0 Å². The van der Waals surface area contributed by atoms with Crippen LogP contribution in [0.4, 0.5) is 5.69 Å². The highest BCUT2D eigenvalue weighted by Gasteiger charge is 2.27. The molecule has 1 saturated heterocycles. The zero-order valence-corrected chi connectivity index (χ0v) is 13.5. The maximum Gasteiger partial charge on any atom is 0.322 e. The van der Waals surface area contributed by atoms with E-state index in [9.17, 15) is 14.4 Å². The molecule has 0 radical (unpaired) electrons. The van der Waals surface area contributed by atoms with Gasteiger partial charge in [-0.1, -0.05) is 19.1 Å². The Labute approximate surface area is 140 Å². The molecule has 0 bridgehead atoms. The summed E-state index contributed by atoms with van der Waals surface area (Å²) in [6.07, 6.45) is 1.79. The Kier molecular flexibility index (Phi) is 6.28. The average Bonchev–Trinajstić information content (AvgIpc) is 3.04. The normalized spacial score (nSPS) is 19.7. The van der Waals surface area contributed by atoms with Crippen molar-refractivity contribution in [1.82, 2.24) is 16.2 Å². The summed E-state index contributed by atoms with van der Waals surface area (Å²) in [5, 5.41) is 13.6. The van der Waals surface area contributed by atoms with Crippen LogP contribution in [-0.2, 0) is 20.8 Å². The van der Waals surface area contributed by atoms with Gasteiger partial charge >= 0.3 is 5.97 Å². The zero-order chi connectivity index (χ0) is 17.5. The number of hydrazine groups is 1. The Morgan fingerprint density at radius 3 is 2.50 bits per heavy atom. The number of carboxylic acids is 1. The van der Waals surface area contributed by atoms with Crippen LogP contribution in [0.2, 0.25) is 0 Å². The van der Waals surface area contributed by atoms with Gasteiger partial charge in [-0.05, 0) is 30.5 Å². The van der Waals surface area contributed by atoms with E-state index in [0.29, 0.717) is 11.7 Å². The van der Waals surface area contributed by atoms with Crippen molar-refractivity contribution in [2.75, 3.05) is 11.9 Å². The minimum Gasteiger partial charge on any atom is -0.480 e. The Bertz CT molecular complexity index is 603.